The smallest absolute Gasteiger partial charge is 0.241 e. The van der Waals surface area contributed by atoms with Gasteiger partial charge in [0.05, 0.1) is 12.6 Å². The minimum Gasteiger partial charge on any atom is -0.346 e. The Kier molecular flexibility index (Phi) is 7.25. The van der Waals surface area contributed by atoms with Crippen LogP contribution >= 0.6 is 12.4 Å². The van der Waals surface area contributed by atoms with Crippen LogP contribution in [0.25, 0.3) is 0 Å². The second-order valence-electron chi connectivity index (χ2n) is 5.08. The molecule has 18 heavy (non-hydrogen) atoms. The van der Waals surface area contributed by atoms with E-state index in [-0.39, 0.29) is 36.7 Å². The first-order chi connectivity index (χ1) is 7.93. The largest absolute Gasteiger partial charge is 0.346 e. The summed E-state index contributed by atoms with van der Waals surface area (Å²) in [5.74, 6) is -0.219. The molecule has 2 amide bonds. The maximum Gasteiger partial charge on any atom is 0.241 e. The first-order valence-electron chi connectivity index (χ1n) is 6.22. The number of nitrogens with two attached hydrogens (primary N) is 1. The maximum absolute atomic E-state index is 11.7. The fourth-order valence-electron chi connectivity index (χ4n) is 1.69. The third-order valence-electron chi connectivity index (χ3n) is 3.45. The Morgan fingerprint density at radius 3 is 2.33 bits per heavy atom. The zero-order valence-electron chi connectivity index (χ0n) is 11.3. The molecule has 6 heteroatoms. The molecule has 0 saturated heterocycles. The molecule has 1 rings (SSSR count). The lowest BCUT2D eigenvalue weighted by atomic mass is 9.92. The van der Waals surface area contributed by atoms with E-state index < -0.39 is 6.04 Å². The molecule has 0 aromatic heterocycles. The number of hydrogen-bond acceptors (Lipinski definition) is 3. The fraction of sp³-hybridized carbons (Fsp3) is 0.833. The van der Waals surface area contributed by atoms with Gasteiger partial charge in [0, 0.05) is 13.1 Å². The molecule has 0 aliphatic heterocycles. The summed E-state index contributed by atoms with van der Waals surface area (Å²) in [7, 11) is 1.79. The molecule has 1 aliphatic carbocycles. The average molecular weight is 278 g/mol. The summed E-state index contributed by atoms with van der Waals surface area (Å²) in [5.41, 5.74) is 5.68. The zero-order chi connectivity index (χ0) is 13.0. The Hall–Kier alpha value is -0.810. The molecule has 0 radical (unpaired) electrons. The van der Waals surface area contributed by atoms with Crippen LogP contribution in [0.4, 0.5) is 0 Å². The highest BCUT2D eigenvalue weighted by Crippen LogP contribution is 2.23. The number of rotatable bonds is 5. The lowest BCUT2D eigenvalue weighted by molar-refractivity contribution is -0.135. The van der Waals surface area contributed by atoms with Gasteiger partial charge in [-0.3, -0.25) is 9.59 Å². The molecule has 5 nitrogen and oxygen atoms in total. The Bertz CT molecular complexity index is 293. The zero-order valence-corrected chi connectivity index (χ0v) is 12.1. The summed E-state index contributed by atoms with van der Waals surface area (Å²) >= 11 is 0. The van der Waals surface area contributed by atoms with Gasteiger partial charge >= 0.3 is 0 Å². The Morgan fingerprint density at radius 1 is 1.39 bits per heavy atom. The number of likely N-dealkylation sites (N-methyl/N-ethyl adjacent to an activating group) is 1. The van der Waals surface area contributed by atoms with Gasteiger partial charge in [-0.25, -0.2) is 0 Å². The number of carbonyl (C=O) groups is 2. The molecule has 1 atom stereocenters. The quantitative estimate of drug-likeness (QED) is 0.769. The molecular weight excluding hydrogens is 254 g/mol. The number of carbonyl (C=O) groups excluding carboxylic acids is 2. The van der Waals surface area contributed by atoms with Crippen molar-refractivity contribution in [2.75, 3.05) is 13.6 Å². The van der Waals surface area contributed by atoms with Crippen LogP contribution in [0, 0.1) is 5.92 Å². The minimum atomic E-state index is -0.545. The highest BCUT2D eigenvalue weighted by atomic mass is 35.5. The number of hydrogen-bond donors (Lipinski definition) is 2. The highest BCUT2D eigenvalue weighted by Gasteiger charge is 2.26. The molecule has 0 spiro atoms. The van der Waals surface area contributed by atoms with Gasteiger partial charge in [0.1, 0.15) is 0 Å². The molecule has 1 saturated carbocycles. The normalized spacial score (nSPS) is 16.5. The van der Waals surface area contributed by atoms with Gasteiger partial charge in [-0.05, 0) is 25.2 Å². The summed E-state index contributed by atoms with van der Waals surface area (Å²) < 4.78 is 0. The first kappa shape index (κ1) is 17.2. The molecule has 1 aliphatic rings. The predicted octanol–water partition coefficient (Wildman–Crippen LogP) is 0.519. The summed E-state index contributed by atoms with van der Waals surface area (Å²) in [6, 6.07) is -0.185. The number of nitrogens with one attached hydrogen (secondary N) is 1. The van der Waals surface area contributed by atoms with Crippen LogP contribution in [0.3, 0.4) is 0 Å². The Morgan fingerprint density at radius 2 is 1.94 bits per heavy atom. The predicted molar refractivity (Wildman–Crippen MR) is 73.5 cm³/mol. The van der Waals surface area contributed by atoms with Crippen molar-refractivity contribution in [2.45, 2.75) is 45.2 Å². The van der Waals surface area contributed by atoms with E-state index in [1.807, 2.05) is 13.8 Å². The molecular formula is C12H24ClN3O2. The van der Waals surface area contributed by atoms with Crippen molar-refractivity contribution in [1.29, 1.82) is 0 Å². The van der Waals surface area contributed by atoms with E-state index in [2.05, 4.69) is 5.32 Å². The van der Waals surface area contributed by atoms with Crippen LogP contribution in [-0.4, -0.2) is 42.4 Å². The van der Waals surface area contributed by atoms with Crippen molar-refractivity contribution < 1.29 is 9.59 Å². The standard InChI is InChI=1S/C12H23N3O2.ClH/c1-8(2)11(13)12(17)14-7-10(16)15(3)9-5-4-6-9;/h8-9,11H,4-7,13H2,1-3H3,(H,14,17);1H/t11-;/m0./s1. The van der Waals surface area contributed by atoms with Crippen LogP contribution in [0.1, 0.15) is 33.1 Å². The summed E-state index contributed by atoms with van der Waals surface area (Å²) in [5, 5.41) is 2.59. The van der Waals surface area contributed by atoms with E-state index in [9.17, 15) is 9.59 Å². The van der Waals surface area contributed by atoms with E-state index in [0.717, 1.165) is 12.8 Å². The van der Waals surface area contributed by atoms with E-state index in [4.69, 9.17) is 5.73 Å². The average Bonchev–Trinajstić information content (AvgIpc) is 2.21. The monoisotopic (exact) mass is 277 g/mol. The third-order valence-corrected chi connectivity index (χ3v) is 3.45. The lowest BCUT2D eigenvalue weighted by Crippen LogP contribution is -2.49. The Balaban J connectivity index is 0.00000289. The number of nitrogens with zero attached hydrogens (tertiary/aromatic N) is 1. The van der Waals surface area contributed by atoms with Crippen LogP contribution in [-0.2, 0) is 9.59 Å². The van der Waals surface area contributed by atoms with Gasteiger partial charge in [-0.1, -0.05) is 13.8 Å². The molecule has 0 aromatic carbocycles. The topological polar surface area (TPSA) is 75.4 Å². The lowest BCUT2D eigenvalue weighted by Gasteiger charge is -2.34. The van der Waals surface area contributed by atoms with Crippen LogP contribution < -0.4 is 11.1 Å². The van der Waals surface area contributed by atoms with Crippen molar-refractivity contribution in [3.8, 4) is 0 Å². The molecule has 0 heterocycles. The molecule has 0 unspecified atom stereocenters. The van der Waals surface area contributed by atoms with Gasteiger partial charge in [0.15, 0.2) is 0 Å². The summed E-state index contributed by atoms with van der Waals surface area (Å²) in [6.45, 7) is 3.81. The van der Waals surface area contributed by atoms with Gasteiger partial charge < -0.3 is 16.0 Å². The van der Waals surface area contributed by atoms with Crippen molar-refractivity contribution in [2.24, 2.45) is 11.7 Å². The fourth-order valence-corrected chi connectivity index (χ4v) is 1.69. The molecule has 3 N–H and O–H groups in total. The Labute approximate surface area is 115 Å². The highest BCUT2D eigenvalue weighted by molar-refractivity contribution is 5.87. The third kappa shape index (κ3) is 4.46. The molecule has 106 valence electrons. The van der Waals surface area contributed by atoms with Crippen LogP contribution in [0.5, 0.6) is 0 Å². The van der Waals surface area contributed by atoms with E-state index in [0.29, 0.717) is 6.04 Å². The number of halogens is 1. The van der Waals surface area contributed by atoms with Gasteiger partial charge in [0.2, 0.25) is 11.8 Å². The van der Waals surface area contributed by atoms with Gasteiger partial charge in [0.25, 0.3) is 0 Å². The van der Waals surface area contributed by atoms with Crippen molar-refractivity contribution in [3.63, 3.8) is 0 Å². The van der Waals surface area contributed by atoms with E-state index in [1.165, 1.54) is 6.42 Å². The molecule has 1 fully saturated rings. The SMILES string of the molecule is CC(C)[C@H](N)C(=O)NCC(=O)N(C)C1CCC1.Cl. The molecule has 0 bridgehead atoms. The minimum absolute atomic E-state index is 0. The second-order valence-corrected chi connectivity index (χ2v) is 5.08. The number of amides is 2. The van der Waals surface area contributed by atoms with Crippen molar-refractivity contribution in [1.82, 2.24) is 10.2 Å². The van der Waals surface area contributed by atoms with Crippen molar-refractivity contribution in [3.05, 3.63) is 0 Å². The van der Waals surface area contributed by atoms with Gasteiger partial charge in [-0.2, -0.15) is 0 Å². The second kappa shape index (κ2) is 7.59. The first-order valence-corrected chi connectivity index (χ1v) is 6.22. The van der Waals surface area contributed by atoms with Crippen LogP contribution in [0.2, 0.25) is 0 Å². The summed E-state index contributed by atoms with van der Waals surface area (Å²) in [4.78, 5) is 25.0. The van der Waals surface area contributed by atoms with E-state index >= 15 is 0 Å². The van der Waals surface area contributed by atoms with Gasteiger partial charge in [-0.15, -0.1) is 12.4 Å². The van der Waals surface area contributed by atoms with Crippen LogP contribution in [0.15, 0.2) is 0 Å². The van der Waals surface area contributed by atoms with Crippen molar-refractivity contribution >= 4 is 24.2 Å². The van der Waals surface area contributed by atoms with E-state index in [1.54, 1.807) is 11.9 Å². The summed E-state index contributed by atoms with van der Waals surface area (Å²) in [6.07, 6.45) is 3.33. The maximum atomic E-state index is 11.7. The molecule has 0 aromatic rings.